The molecule has 0 fully saturated rings. The molecule has 0 unspecified atom stereocenters. The normalized spacial score (nSPS) is 15.9. The van der Waals surface area contributed by atoms with Gasteiger partial charge in [0, 0.05) is 11.6 Å². The van der Waals surface area contributed by atoms with E-state index in [1.807, 2.05) is 6.07 Å². The van der Waals surface area contributed by atoms with E-state index in [4.69, 9.17) is 9.15 Å². The van der Waals surface area contributed by atoms with Gasteiger partial charge in [0.05, 0.1) is 34.5 Å². The molecule has 6 nitrogen and oxygen atoms in total. The summed E-state index contributed by atoms with van der Waals surface area (Å²) in [6.45, 7) is 1.68. The number of benzene rings is 2. The molecule has 2 aromatic carbocycles. The molecule has 0 amide bonds. The van der Waals surface area contributed by atoms with Crippen molar-refractivity contribution in [3.8, 4) is 11.3 Å². The van der Waals surface area contributed by atoms with Gasteiger partial charge in [0.1, 0.15) is 11.5 Å². The predicted octanol–water partition coefficient (Wildman–Crippen LogP) is 4.69. The van der Waals surface area contributed by atoms with Crippen LogP contribution in [0.5, 0.6) is 0 Å². The number of allylic oxidation sites excluding steroid dienone is 1. The third-order valence-corrected chi connectivity index (χ3v) is 6.92. The molecule has 37 heavy (non-hydrogen) atoms. The number of hydrogen-bond acceptors (Lipinski definition) is 6. The van der Waals surface area contributed by atoms with E-state index in [1.165, 1.54) is 48.1 Å². The minimum Gasteiger partial charge on any atom is -0.466 e. The molecule has 1 aliphatic rings. The van der Waals surface area contributed by atoms with Gasteiger partial charge in [-0.05, 0) is 30.7 Å². The van der Waals surface area contributed by atoms with Crippen LogP contribution < -0.4 is 14.9 Å². The smallest absolute Gasteiger partial charge is 0.417 e. The molecule has 188 valence electrons. The van der Waals surface area contributed by atoms with Crippen molar-refractivity contribution < 1.29 is 27.1 Å². The van der Waals surface area contributed by atoms with E-state index >= 15 is 0 Å². The Kier molecular flexibility index (Phi) is 6.20. The topological polar surface area (TPSA) is 73.8 Å². The lowest BCUT2D eigenvalue weighted by atomic mass is 9.96. The van der Waals surface area contributed by atoms with E-state index in [2.05, 4.69) is 4.99 Å². The molecular formula is C27H19F3N2O4S. The molecule has 0 bridgehead atoms. The second-order valence-corrected chi connectivity index (χ2v) is 9.24. The van der Waals surface area contributed by atoms with Crippen LogP contribution in [0.15, 0.2) is 92.2 Å². The molecule has 10 heteroatoms. The first-order chi connectivity index (χ1) is 17.7. The molecule has 0 radical (unpaired) electrons. The second-order valence-electron chi connectivity index (χ2n) is 8.23. The van der Waals surface area contributed by atoms with Gasteiger partial charge in [0.15, 0.2) is 4.80 Å². The fourth-order valence-electron chi connectivity index (χ4n) is 4.29. The Hall–Kier alpha value is -4.18. The van der Waals surface area contributed by atoms with Crippen molar-refractivity contribution in [3.63, 3.8) is 0 Å². The lowest BCUT2D eigenvalue weighted by Gasteiger charge is -2.24. The van der Waals surface area contributed by atoms with Gasteiger partial charge < -0.3 is 9.15 Å². The third kappa shape index (κ3) is 4.44. The largest absolute Gasteiger partial charge is 0.466 e. The molecule has 1 aliphatic heterocycles. The summed E-state index contributed by atoms with van der Waals surface area (Å²) >= 11 is 1.09. The van der Waals surface area contributed by atoms with Gasteiger partial charge in [-0.1, -0.05) is 59.9 Å². The lowest BCUT2D eigenvalue weighted by molar-refractivity contribution is -0.137. The van der Waals surface area contributed by atoms with Crippen LogP contribution in [0.3, 0.4) is 0 Å². The number of fused-ring (bicyclic) bond motifs is 1. The average molecular weight is 525 g/mol. The fraction of sp³-hybridized carbons (Fsp3) is 0.148. The molecule has 0 saturated heterocycles. The van der Waals surface area contributed by atoms with Crippen LogP contribution in [-0.4, -0.2) is 17.6 Å². The van der Waals surface area contributed by atoms with Crippen molar-refractivity contribution in [2.45, 2.75) is 19.1 Å². The van der Waals surface area contributed by atoms with Crippen LogP contribution in [0.2, 0.25) is 0 Å². The van der Waals surface area contributed by atoms with E-state index in [-0.39, 0.29) is 27.2 Å². The van der Waals surface area contributed by atoms with Crippen LogP contribution in [0.25, 0.3) is 17.4 Å². The van der Waals surface area contributed by atoms with E-state index in [0.29, 0.717) is 16.1 Å². The van der Waals surface area contributed by atoms with E-state index in [0.717, 1.165) is 17.4 Å². The SMILES string of the molecule is COC(=O)C1=C(C)N=c2s/c(=C\c3ccc(-c4ccccc4C(F)(F)F)o3)c(=O)n2[C@@H]1c1ccccc1. The second kappa shape index (κ2) is 9.36. The Bertz CT molecular complexity index is 1710. The van der Waals surface area contributed by atoms with Gasteiger partial charge in [-0.3, -0.25) is 9.36 Å². The van der Waals surface area contributed by atoms with Crippen LogP contribution >= 0.6 is 11.3 Å². The Morgan fingerprint density at radius 2 is 1.78 bits per heavy atom. The molecule has 0 N–H and O–H groups in total. The Morgan fingerprint density at radius 1 is 1.08 bits per heavy atom. The molecule has 5 rings (SSSR count). The zero-order valence-electron chi connectivity index (χ0n) is 19.6. The Morgan fingerprint density at radius 3 is 2.49 bits per heavy atom. The summed E-state index contributed by atoms with van der Waals surface area (Å²) in [5.41, 5.74) is 0.0470. The number of hydrogen-bond donors (Lipinski definition) is 0. The zero-order valence-corrected chi connectivity index (χ0v) is 20.4. The summed E-state index contributed by atoms with van der Waals surface area (Å²) in [6.07, 6.45) is -3.09. The van der Waals surface area contributed by atoms with Gasteiger partial charge in [-0.25, -0.2) is 9.79 Å². The van der Waals surface area contributed by atoms with E-state index in [1.54, 1.807) is 31.2 Å². The standard InChI is InChI=1S/C27H19F3N2O4S/c1-15-22(25(34)35-2)23(16-8-4-3-5-9-16)32-24(33)21(37-26(32)31-15)14-17-12-13-20(36-17)18-10-6-7-11-19(18)27(28,29)30/h3-14,23H,1-2H3/b21-14-/t23-/m1/s1. The maximum atomic E-state index is 13.5. The minimum atomic E-state index is -4.55. The number of methoxy groups -OCH3 is 1. The Balaban J connectivity index is 1.63. The zero-order chi connectivity index (χ0) is 26.3. The van der Waals surface area contributed by atoms with Gasteiger partial charge in [-0.2, -0.15) is 13.2 Å². The van der Waals surface area contributed by atoms with Gasteiger partial charge in [0.25, 0.3) is 5.56 Å². The number of carbonyl (C=O) groups is 1. The minimum absolute atomic E-state index is 0.0259. The first-order valence-electron chi connectivity index (χ1n) is 11.1. The summed E-state index contributed by atoms with van der Waals surface area (Å²) in [5.74, 6) is -0.362. The fourth-order valence-corrected chi connectivity index (χ4v) is 5.32. The van der Waals surface area contributed by atoms with Gasteiger partial charge in [0.2, 0.25) is 0 Å². The summed E-state index contributed by atoms with van der Waals surface area (Å²) in [7, 11) is 1.27. The summed E-state index contributed by atoms with van der Waals surface area (Å²) in [6, 6.07) is 16.3. The van der Waals surface area contributed by atoms with Crippen molar-refractivity contribution in [1.29, 1.82) is 0 Å². The molecule has 0 aliphatic carbocycles. The van der Waals surface area contributed by atoms with Gasteiger partial charge >= 0.3 is 12.1 Å². The van der Waals surface area contributed by atoms with Crippen molar-refractivity contribution in [3.05, 3.63) is 115 Å². The van der Waals surface area contributed by atoms with Crippen LogP contribution in [-0.2, 0) is 15.7 Å². The number of halogens is 3. The number of esters is 1. The van der Waals surface area contributed by atoms with Crippen LogP contribution in [0.4, 0.5) is 13.2 Å². The van der Waals surface area contributed by atoms with E-state index < -0.39 is 29.3 Å². The molecule has 0 saturated carbocycles. The summed E-state index contributed by atoms with van der Waals surface area (Å²) < 4.78 is 52.7. The van der Waals surface area contributed by atoms with Crippen molar-refractivity contribution in [1.82, 2.24) is 4.57 Å². The monoisotopic (exact) mass is 524 g/mol. The highest BCUT2D eigenvalue weighted by molar-refractivity contribution is 7.07. The van der Waals surface area contributed by atoms with Crippen molar-refractivity contribution in [2.24, 2.45) is 4.99 Å². The summed E-state index contributed by atoms with van der Waals surface area (Å²) in [5, 5.41) is 0. The van der Waals surface area contributed by atoms with Crippen molar-refractivity contribution in [2.75, 3.05) is 7.11 Å². The van der Waals surface area contributed by atoms with Gasteiger partial charge in [-0.15, -0.1) is 0 Å². The van der Waals surface area contributed by atoms with E-state index in [9.17, 15) is 22.8 Å². The molecule has 1 atom stereocenters. The Labute approximate surface area is 212 Å². The first kappa shape index (κ1) is 24.5. The number of thiazole rings is 1. The number of ether oxygens (including phenoxy) is 1. The van der Waals surface area contributed by atoms with Crippen LogP contribution in [0, 0.1) is 0 Å². The number of nitrogens with zero attached hydrogens (tertiary/aromatic N) is 2. The number of carbonyl (C=O) groups excluding carboxylic acids is 1. The maximum absolute atomic E-state index is 13.5. The average Bonchev–Trinajstić information content (AvgIpc) is 3.47. The lowest BCUT2D eigenvalue weighted by Crippen LogP contribution is -2.39. The molecular weight excluding hydrogens is 505 g/mol. The molecule has 4 aromatic rings. The molecule has 3 heterocycles. The molecule has 2 aromatic heterocycles. The highest BCUT2D eigenvalue weighted by Gasteiger charge is 2.34. The van der Waals surface area contributed by atoms with Crippen LogP contribution in [0.1, 0.15) is 29.9 Å². The maximum Gasteiger partial charge on any atom is 0.417 e. The predicted molar refractivity (Wildman–Crippen MR) is 131 cm³/mol. The van der Waals surface area contributed by atoms with Crippen molar-refractivity contribution >= 4 is 23.4 Å². The molecule has 0 spiro atoms. The number of rotatable bonds is 4. The highest BCUT2D eigenvalue weighted by atomic mass is 32.1. The highest BCUT2D eigenvalue weighted by Crippen LogP contribution is 2.37. The first-order valence-corrected chi connectivity index (χ1v) is 11.9. The summed E-state index contributed by atoms with van der Waals surface area (Å²) in [4.78, 5) is 31.1. The number of alkyl halides is 3. The number of furan rings is 1. The number of aromatic nitrogens is 1. The third-order valence-electron chi connectivity index (χ3n) is 5.94. The quantitative estimate of drug-likeness (QED) is 0.363.